The number of nitrogens with two attached hydrogens (primary N) is 1. The Morgan fingerprint density at radius 3 is 2.71 bits per heavy atom. The van der Waals surface area contributed by atoms with Gasteiger partial charge in [-0.2, -0.15) is 5.10 Å². The molecule has 1 saturated heterocycles. The lowest BCUT2D eigenvalue weighted by atomic mass is 9.94. The second kappa shape index (κ2) is 10.6. The molecule has 1 aliphatic rings. The van der Waals surface area contributed by atoms with Crippen molar-refractivity contribution in [3.05, 3.63) is 59.4 Å². The van der Waals surface area contributed by atoms with Crippen molar-refractivity contribution in [2.24, 2.45) is 10.9 Å². The number of anilines is 1. The van der Waals surface area contributed by atoms with Crippen LogP contribution in [-0.4, -0.2) is 25.3 Å². The number of halogens is 1. The Kier molecular flexibility index (Phi) is 8.20. The highest BCUT2D eigenvalue weighted by Gasteiger charge is 2.17. The lowest BCUT2D eigenvalue weighted by molar-refractivity contribution is 0.480. The molecule has 1 aliphatic heterocycles. The molecule has 4 N–H and O–H groups in total. The summed E-state index contributed by atoms with van der Waals surface area (Å²) >= 11 is 0. The highest BCUT2D eigenvalue weighted by atomic mass is 19.1. The molecule has 0 radical (unpaired) electrons. The van der Waals surface area contributed by atoms with Crippen LogP contribution in [0.1, 0.15) is 43.4 Å². The normalized spacial score (nSPS) is 16.4. The molecule has 4 nitrogen and oxygen atoms in total. The number of piperidine rings is 1. The van der Waals surface area contributed by atoms with E-state index in [1.807, 2.05) is 39.0 Å². The van der Waals surface area contributed by atoms with E-state index in [9.17, 15) is 4.39 Å². The molecule has 0 spiro atoms. The monoisotopic (exact) mass is 382 g/mol. The van der Waals surface area contributed by atoms with E-state index in [2.05, 4.69) is 22.3 Å². The number of rotatable bonds is 5. The van der Waals surface area contributed by atoms with E-state index < -0.39 is 0 Å². The highest BCUT2D eigenvalue weighted by Crippen LogP contribution is 2.33. The summed E-state index contributed by atoms with van der Waals surface area (Å²) in [5, 5.41) is 10.7. The van der Waals surface area contributed by atoms with Gasteiger partial charge in [0.1, 0.15) is 5.82 Å². The topological polar surface area (TPSA) is 62.4 Å². The van der Waals surface area contributed by atoms with Gasteiger partial charge in [-0.25, -0.2) is 4.39 Å². The van der Waals surface area contributed by atoms with Gasteiger partial charge in [-0.1, -0.05) is 38.6 Å². The first kappa shape index (κ1) is 21.6. The van der Waals surface area contributed by atoms with Gasteiger partial charge in [0, 0.05) is 35.0 Å². The van der Waals surface area contributed by atoms with E-state index in [0.29, 0.717) is 11.6 Å². The predicted octanol–water partition coefficient (Wildman–Crippen LogP) is 4.93. The third kappa shape index (κ3) is 4.98. The molecule has 0 bridgehead atoms. The molecule has 2 aromatic rings. The van der Waals surface area contributed by atoms with Gasteiger partial charge in [0.05, 0.1) is 6.21 Å². The Bertz CT molecular complexity index is 803. The first-order valence-corrected chi connectivity index (χ1v) is 9.90. The van der Waals surface area contributed by atoms with Gasteiger partial charge in [-0.3, -0.25) is 0 Å². The van der Waals surface area contributed by atoms with Gasteiger partial charge in [-0.15, -0.1) is 0 Å². The van der Waals surface area contributed by atoms with Crippen molar-refractivity contribution < 1.29 is 4.39 Å². The average Bonchev–Trinajstić information content (AvgIpc) is 2.70. The quantitative estimate of drug-likeness (QED) is 0.390. The molecule has 0 aliphatic carbocycles. The van der Waals surface area contributed by atoms with Crippen LogP contribution in [0.15, 0.2) is 42.0 Å². The van der Waals surface area contributed by atoms with Crippen LogP contribution < -0.4 is 16.5 Å². The minimum Gasteiger partial charge on any atom is -0.381 e. The van der Waals surface area contributed by atoms with Crippen LogP contribution in [-0.2, 0) is 0 Å². The van der Waals surface area contributed by atoms with Crippen molar-refractivity contribution in [1.29, 1.82) is 0 Å². The second-order valence-electron chi connectivity index (χ2n) is 6.63. The minimum absolute atomic E-state index is 0.239. The maximum Gasteiger partial charge on any atom is 0.131 e. The van der Waals surface area contributed by atoms with Crippen LogP contribution in [0.25, 0.3) is 17.2 Å². The Balaban J connectivity index is 0.00000136. The van der Waals surface area contributed by atoms with Gasteiger partial charge in [0.25, 0.3) is 0 Å². The summed E-state index contributed by atoms with van der Waals surface area (Å²) in [5.74, 6) is 5.16. The molecular weight excluding hydrogens is 351 g/mol. The number of benzene rings is 2. The van der Waals surface area contributed by atoms with E-state index >= 15 is 0 Å². The third-order valence-corrected chi connectivity index (χ3v) is 4.80. The Morgan fingerprint density at radius 1 is 1.32 bits per heavy atom. The number of hydrogen-bond acceptors (Lipinski definition) is 4. The summed E-state index contributed by atoms with van der Waals surface area (Å²) in [6, 6.07) is 9.34. The zero-order chi connectivity index (χ0) is 20.5. The number of nitrogens with one attached hydrogen (secondary N) is 2. The molecule has 1 unspecified atom stereocenters. The number of hydrogen-bond donors (Lipinski definition) is 3. The molecule has 2 aromatic carbocycles. The molecule has 5 heteroatoms. The van der Waals surface area contributed by atoms with Crippen molar-refractivity contribution >= 4 is 18.0 Å². The maximum atomic E-state index is 14.5. The third-order valence-electron chi connectivity index (χ3n) is 4.80. The molecule has 0 aromatic heterocycles. The summed E-state index contributed by atoms with van der Waals surface area (Å²) in [6.45, 7) is 11.8. The Hall–Kier alpha value is -2.66. The molecule has 1 heterocycles. The van der Waals surface area contributed by atoms with Crippen LogP contribution in [0, 0.1) is 12.7 Å². The average molecular weight is 383 g/mol. The van der Waals surface area contributed by atoms with Crippen LogP contribution in [0.2, 0.25) is 0 Å². The lowest BCUT2D eigenvalue weighted by Gasteiger charge is -2.26. The Morgan fingerprint density at radius 2 is 2.11 bits per heavy atom. The fourth-order valence-electron chi connectivity index (χ4n) is 3.55. The number of aryl methyl sites for hydroxylation is 1. The van der Waals surface area contributed by atoms with Gasteiger partial charge in [-0.05, 0) is 55.6 Å². The van der Waals surface area contributed by atoms with E-state index in [1.165, 1.54) is 6.07 Å². The van der Waals surface area contributed by atoms with Crippen LogP contribution in [0.3, 0.4) is 0 Å². The molecule has 3 rings (SSSR count). The maximum absolute atomic E-state index is 14.5. The van der Waals surface area contributed by atoms with E-state index in [4.69, 9.17) is 5.84 Å². The van der Waals surface area contributed by atoms with Crippen LogP contribution in [0.5, 0.6) is 0 Å². The smallest absolute Gasteiger partial charge is 0.131 e. The van der Waals surface area contributed by atoms with Gasteiger partial charge in [0.2, 0.25) is 0 Å². The van der Waals surface area contributed by atoms with Crippen molar-refractivity contribution in [2.75, 3.05) is 18.4 Å². The van der Waals surface area contributed by atoms with E-state index in [0.717, 1.165) is 53.9 Å². The van der Waals surface area contributed by atoms with Crippen molar-refractivity contribution in [3.8, 4) is 11.1 Å². The molecule has 0 amide bonds. The summed E-state index contributed by atoms with van der Waals surface area (Å²) in [7, 11) is 0. The first-order valence-electron chi connectivity index (χ1n) is 9.90. The van der Waals surface area contributed by atoms with E-state index in [-0.39, 0.29) is 5.82 Å². The molecule has 1 fully saturated rings. The highest BCUT2D eigenvalue weighted by molar-refractivity contribution is 5.92. The molecular formula is C23H31FN4. The van der Waals surface area contributed by atoms with Crippen LogP contribution in [0.4, 0.5) is 10.1 Å². The summed E-state index contributed by atoms with van der Waals surface area (Å²) in [5.41, 5.74) is 4.93. The lowest BCUT2D eigenvalue weighted by Crippen LogP contribution is -2.38. The molecule has 150 valence electrons. The van der Waals surface area contributed by atoms with Gasteiger partial charge >= 0.3 is 0 Å². The minimum atomic E-state index is -0.239. The zero-order valence-corrected chi connectivity index (χ0v) is 17.1. The first-order chi connectivity index (χ1) is 13.6. The van der Waals surface area contributed by atoms with Crippen molar-refractivity contribution in [1.82, 2.24) is 5.32 Å². The van der Waals surface area contributed by atoms with Crippen molar-refractivity contribution in [2.45, 2.75) is 39.7 Å². The zero-order valence-electron chi connectivity index (χ0n) is 17.1. The SMILES string of the molecule is C=Cc1c(/C=N\N)cc(-c2c(C)cccc2F)cc1NC1CCCNC1.CC. The fraction of sp³-hybridized carbons (Fsp3) is 0.348. The van der Waals surface area contributed by atoms with Crippen molar-refractivity contribution in [3.63, 3.8) is 0 Å². The number of nitrogens with zero attached hydrogens (tertiary/aromatic N) is 1. The number of hydrazone groups is 1. The fourth-order valence-corrected chi connectivity index (χ4v) is 3.55. The van der Waals surface area contributed by atoms with Crippen LogP contribution >= 0.6 is 0 Å². The predicted molar refractivity (Wildman–Crippen MR) is 119 cm³/mol. The van der Waals surface area contributed by atoms with Gasteiger partial charge in [0.15, 0.2) is 0 Å². The largest absolute Gasteiger partial charge is 0.381 e. The summed E-state index contributed by atoms with van der Waals surface area (Å²) < 4.78 is 14.5. The standard InChI is InChI=1S/C21H25FN4.C2H6/c1-3-18-16(12-25-23)10-15(21-14(2)6-4-8-19(21)22)11-20(18)26-17-7-5-9-24-13-17;1-2/h3-4,6,8,10-12,17,24,26H,1,5,7,9,13,23H2,2H3;1-2H3/b25-12-;. The van der Waals surface area contributed by atoms with E-state index in [1.54, 1.807) is 18.4 Å². The summed E-state index contributed by atoms with van der Waals surface area (Å²) in [4.78, 5) is 0. The Labute approximate surface area is 167 Å². The molecule has 0 saturated carbocycles. The van der Waals surface area contributed by atoms with Gasteiger partial charge < -0.3 is 16.5 Å². The molecule has 1 atom stereocenters. The molecule has 28 heavy (non-hydrogen) atoms. The summed E-state index contributed by atoms with van der Waals surface area (Å²) in [6.07, 6.45) is 5.59. The second-order valence-corrected chi connectivity index (χ2v) is 6.63.